The Balaban J connectivity index is 2.81. The maximum atomic E-state index is 11.6. The summed E-state index contributed by atoms with van der Waals surface area (Å²) in [6.07, 6.45) is 1.47. The second kappa shape index (κ2) is 4.61. The van der Waals surface area contributed by atoms with Crippen molar-refractivity contribution in [1.29, 1.82) is 0 Å². The third-order valence-electron chi connectivity index (χ3n) is 1.92. The van der Waals surface area contributed by atoms with Gasteiger partial charge in [0, 0.05) is 10.7 Å². The highest BCUT2D eigenvalue weighted by Crippen LogP contribution is 2.09. The van der Waals surface area contributed by atoms with Gasteiger partial charge in [-0.2, -0.15) is 0 Å². The molecule has 1 aromatic heterocycles. The number of nitrogens with one attached hydrogen (secondary N) is 1. The van der Waals surface area contributed by atoms with E-state index in [4.69, 9.17) is 5.11 Å². The summed E-state index contributed by atoms with van der Waals surface area (Å²) in [4.78, 5) is 26.3. The summed E-state index contributed by atoms with van der Waals surface area (Å²) >= 11 is 3.19. The number of carbonyl (C=O) groups excluding carboxylic acids is 1. The number of hydrogen-bond donors (Lipinski definition) is 2. The molecule has 1 amide bonds. The molecule has 1 rings (SSSR count). The van der Waals surface area contributed by atoms with E-state index < -0.39 is 17.4 Å². The lowest BCUT2D eigenvalue weighted by molar-refractivity contribution is -0.143. The smallest absolute Gasteiger partial charge is 0.328 e. The maximum absolute atomic E-state index is 11.6. The summed E-state index contributed by atoms with van der Waals surface area (Å²) in [5.41, 5.74) is -1.14. The molecule has 0 unspecified atom stereocenters. The zero-order chi connectivity index (χ0) is 12.3. The van der Waals surface area contributed by atoms with Crippen LogP contribution in [0.3, 0.4) is 0 Å². The monoisotopic (exact) mass is 286 g/mol. The molecule has 86 valence electrons. The first-order valence-electron chi connectivity index (χ1n) is 4.50. The molecule has 0 aromatic carbocycles. The number of aromatic nitrogens is 1. The standard InChI is InChI=1S/C10H11BrN2O3/c1-10(2,9(15)16)13-8(14)7-4-3-6(11)5-12-7/h3-5H,1-2H3,(H,13,14)(H,15,16). The van der Waals surface area contributed by atoms with Gasteiger partial charge in [0.1, 0.15) is 11.2 Å². The van der Waals surface area contributed by atoms with Crippen LogP contribution in [0.25, 0.3) is 0 Å². The Morgan fingerprint density at radius 1 is 1.44 bits per heavy atom. The molecule has 16 heavy (non-hydrogen) atoms. The number of amides is 1. The molecule has 0 radical (unpaired) electrons. The number of carbonyl (C=O) groups is 2. The zero-order valence-corrected chi connectivity index (χ0v) is 10.4. The van der Waals surface area contributed by atoms with Gasteiger partial charge in [-0.1, -0.05) is 0 Å². The lowest BCUT2D eigenvalue weighted by atomic mass is 10.1. The van der Waals surface area contributed by atoms with Gasteiger partial charge in [-0.05, 0) is 41.9 Å². The number of rotatable bonds is 3. The normalized spacial score (nSPS) is 10.9. The maximum Gasteiger partial charge on any atom is 0.328 e. The molecule has 5 nitrogen and oxygen atoms in total. The molecular formula is C10H11BrN2O3. The minimum Gasteiger partial charge on any atom is -0.480 e. The van der Waals surface area contributed by atoms with Crippen LogP contribution in [-0.4, -0.2) is 27.5 Å². The van der Waals surface area contributed by atoms with Crippen molar-refractivity contribution in [3.63, 3.8) is 0 Å². The third-order valence-corrected chi connectivity index (χ3v) is 2.39. The molecule has 0 spiro atoms. The number of nitrogens with zero attached hydrogens (tertiary/aromatic N) is 1. The predicted octanol–water partition coefficient (Wildman–Crippen LogP) is 1.44. The van der Waals surface area contributed by atoms with Crippen LogP contribution >= 0.6 is 15.9 Å². The molecule has 6 heteroatoms. The average molecular weight is 287 g/mol. The van der Waals surface area contributed by atoms with Crippen molar-refractivity contribution in [3.8, 4) is 0 Å². The van der Waals surface area contributed by atoms with E-state index in [1.54, 1.807) is 6.07 Å². The SMILES string of the molecule is CC(C)(NC(=O)c1ccc(Br)cn1)C(=O)O. The molecule has 0 saturated heterocycles. The summed E-state index contributed by atoms with van der Waals surface area (Å²) in [5, 5.41) is 11.2. The second-order valence-electron chi connectivity index (χ2n) is 3.75. The van der Waals surface area contributed by atoms with Gasteiger partial charge in [0.2, 0.25) is 0 Å². The molecule has 0 aliphatic heterocycles. The number of halogens is 1. The zero-order valence-electron chi connectivity index (χ0n) is 8.82. The summed E-state index contributed by atoms with van der Waals surface area (Å²) in [6.45, 7) is 2.82. The highest BCUT2D eigenvalue weighted by atomic mass is 79.9. The van der Waals surface area contributed by atoms with E-state index in [1.807, 2.05) is 0 Å². The Labute approximate surface area is 101 Å². The van der Waals surface area contributed by atoms with Crippen molar-refractivity contribution >= 4 is 27.8 Å². The largest absolute Gasteiger partial charge is 0.480 e. The summed E-state index contributed by atoms with van der Waals surface area (Å²) in [6, 6.07) is 3.17. The predicted molar refractivity (Wildman–Crippen MR) is 61.1 cm³/mol. The number of pyridine rings is 1. The van der Waals surface area contributed by atoms with Gasteiger partial charge in [-0.3, -0.25) is 4.79 Å². The van der Waals surface area contributed by atoms with Gasteiger partial charge in [-0.25, -0.2) is 9.78 Å². The number of carboxylic acids is 1. The molecule has 0 bridgehead atoms. The van der Waals surface area contributed by atoms with Crippen molar-refractivity contribution < 1.29 is 14.7 Å². The summed E-state index contributed by atoms with van der Waals surface area (Å²) in [5.74, 6) is -1.61. The molecule has 0 aliphatic rings. The van der Waals surface area contributed by atoms with Crippen molar-refractivity contribution in [2.24, 2.45) is 0 Å². The number of carboxylic acid groups (broad SMARTS) is 1. The highest BCUT2D eigenvalue weighted by molar-refractivity contribution is 9.10. The summed E-state index contributed by atoms with van der Waals surface area (Å²) < 4.78 is 0.751. The summed E-state index contributed by atoms with van der Waals surface area (Å²) in [7, 11) is 0. The molecule has 1 heterocycles. The second-order valence-corrected chi connectivity index (χ2v) is 4.66. The fourth-order valence-electron chi connectivity index (χ4n) is 0.911. The molecule has 0 aliphatic carbocycles. The van der Waals surface area contributed by atoms with Crippen LogP contribution in [0.5, 0.6) is 0 Å². The third kappa shape index (κ3) is 3.03. The van der Waals surface area contributed by atoms with Crippen LogP contribution in [0.1, 0.15) is 24.3 Å². The average Bonchev–Trinajstić information content (AvgIpc) is 2.17. The van der Waals surface area contributed by atoms with Gasteiger partial charge in [0.05, 0.1) is 0 Å². The van der Waals surface area contributed by atoms with E-state index in [0.29, 0.717) is 0 Å². The van der Waals surface area contributed by atoms with Gasteiger partial charge in [0.15, 0.2) is 0 Å². The van der Waals surface area contributed by atoms with Crippen molar-refractivity contribution in [2.45, 2.75) is 19.4 Å². The van der Waals surface area contributed by atoms with Crippen LogP contribution < -0.4 is 5.32 Å². The first-order valence-corrected chi connectivity index (χ1v) is 5.30. The van der Waals surface area contributed by atoms with Gasteiger partial charge >= 0.3 is 5.97 Å². The van der Waals surface area contributed by atoms with Crippen LogP contribution in [0.2, 0.25) is 0 Å². The molecular weight excluding hydrogens is 276 g/mol. The molecule has 0 saturated carbocycles. The van der Waals surface area contributed by atoms with Crippen molar-refractivity contribution in [3.05, 3.63) is 28.5 Å². The van der Waals surface area contributed by atoms with Gasteiger partial charge in [0.25, 0.3) is 5.91 Å². The van der Waals surface area contributed by atoms with Crippen LogP contribution in [0.4, 0.5) is 0 Å². The molecule has 0 atom stereocenters. The number of hydrogen-bond acceptors (Lipinski definition) is 3. The Morgan fingerprint density at radius 2 is 2.06 bits per heavy atom. The number of aliphatic carboxylic acids is 1. The quantitative estimate of drug-likeness (QED) is 0.881. The van der Waals surface area contributed by atoms with E-state index in [9.17, 15) is 9.59 Å². The Bertz CT molecular complexity index is 415. The Hall–Kier alpha value is -1.43. The lowest BCUT2D eigenvalue weighted by Crippen LogP contribution is -2.49. The fourth-order valence-corrected chi connectivity index (χ4v) is 1.15. The van der Waals surface area contributed by atoms with Crippen molar-refractivity contribution in [2.75, 3.05) is 0 Å². The fraction of sp³-hybridized carbons (Fsp3) is 0.300. The molecule has 2 N–H and O–H groups in total. The molecule has 0 fully saturated rings. The Morgan fingerprint density at radius 3 is 2.50 bits per heavy atom. The van der Waals surface area contributed by atoms with Gasteiger partial charge < -0.3 is 10.4 Å². The lowest BCUT2D eigenvalue weighted by Gasteiger charge is -2.20. The first-order chi connectivity index (χ1) is 7.33. The van der Waals surface area contributed by atoms with E-state index in [1.165, 1.54) is 26.1 Å². The van der Waals surface area contributed by atoms with Crippen molar-refractivity contribution in [1.82, 2.24) is 10.3 Å². The van der Waals surface area contributed by atoms with Crippen LogP contribution in [0, 0.1) is 0 Å². The van der Waals surface area contributed by atoms with Crippen LogP contribution in [-0.2, 0) is 4.79 Å². The topological polar surface area (TPSA) is 79.3 Å². The van der Waals surface area contributed by atoms with Gasteiger partial charge in [-0.15, -0.1) is 0 Å². The van der Waals surface area contributed by atoms with E-state index >= 15 is 0 Å². The first kappa shape index (κ1) is 12.6. The van der Waals surface area contributed by atoms with E-state index in [2.05, 4.69) is 26.2 Å². The highest BCUT2D eigenvalue weighted by Gasteiger charge is 2.29. The van der Waals surface area contributed by atoms with E-state index in [0.717, 1.165) is 4.47 Å². The van der Waals surface area contributed by atoms with E-state index in [-0.39, 0.29) is 5.69 Å². The molecule has 1 aromatic rings. The minimum absolute atomic E-state index is 0.178. The minimum atomic E-state index is -1.31. The Kier molecular flexibility index (Phi) is 3.64. The van der Waals surface area contributed by atoms with Crippen LogP contribution in [0.15, 0.2) is 22.8 Å².